The molecular weight excluding hydrogens is 302 g/mol. The molecule has 3 rings (SSSR count). The first-order chi connectivity index (χ1) is 11.7. The summed E-state index contributed by atoms with van der Waals surface area (Å²) >= 11 is 0. The van der Waals surface area contributed by atoms with Crippen LogP contribution in [0.4, 0.5) is 0 Å². The van der Waals surface area contributed by atoms with Crippen LogP contribution in [-0.2, 0) is 12.8 Å². The van der Waals surface area contributed by atoms with Gasteiger partial charge in [-0.25, -0.2) is 4.98 Å². The summed E-state index contributed by atoms with van der Waals surface area (Å²) in [6, 6.07) is 13.4. The van der Waals surface area contributed by atoms with E-state index in [2.05, 4.69) is 15.3 Å². The van der Waals surface area contributed by atoms with Crippen molar-refractivity contribution in [3.8, 4) is 5.75 Å². The van der Waals surface area contributed by atoms with Crippen LogP contribution in [0.1, 0.15) is 28.7 Å². The van der Waals surface area contributed by atoms with Crippen molar-refractivity contribution < 1.29 is 9.53 Å². The fraction of sp³-hybridized carbons (Fsp3) is 0.263. The average Bonchev–Trinajstić information content (AvgIpc) is 3.04. The summed E-state index contributed by atoms with van der Waals surface area (Å²) in [4.78, 5) is 20.0. The predicted molar refractivity (Wildman–Crippen MR) is 94.5 cm³/mol. The number of benzene rings is 2. The second-order valence-corrected chi connectivity index (χ2v) is 5.63. The molecule has 0 aliphatic rings. The molecule has 0 unspecified atom stereocenters. The van der Waals surface area contributed by atoms with E-state index in [1.54, 1.807) is 7.11 Å². The highest BCUT2D eigenvalue weighted by Gasteiger charge is 2.08. The Morgan fingerprint density at radius 2 is 2.12 bits per heavy atom. The van der Waals surface area contributed by atoms with Gasteiger partial charge in [0.2, 0.25) is 0 Å². The van der Waals surface area contributed by atoms with Crippen molar-refractivity contribution in [2.75, 3.05) is 13.7 Å². The zero-order chi connectivity index (χ0) is 16.9. The third kappa shape index (κ3) is 3.56. The van der Waals surface area contributed by atoms with Crippen molar-refractivity contribution in [2.24, 2.45) is 0 Å². The number of aromatic nitrogens is 2. The number of ether oxygens (including phenoxy) is 1. The number of amides is 1. The number of aryl methyl sites for hydroxylation is 1. The van der Waals surface area contributed by atoms with Crippen molar-refractivity contribution in [1.82, 2.24) is 15.3 Å². The topological polar surface area (TPSA) is 67.0 Å². The Morgan fingerprint density at radius 3 is 2.92 bits per heavy atom. The second kappa shape index (κ2) is 7.17. The van der Waals surface area contributed by atoms with Crippen LogP contribution in [0.15, 0.2) is 42.5 Å². The van der Waals surface area contributed by atoms with Gasteiger partial charge >= 0.3 is 0 Å². The molecule has 124 valence electrons. The molecule has 5 heteroatoms. The number of methoxy groups -OCH3 is 1. The lowest BCUT2D eigenvalue weighted by Crippen LogP contribution is -2.25. The van der Waals surface area contributed by atoms with E-state index in [1.807, 2.05) is 49.4 Å². The first-order valence-electron chi connectivity index (χ1n) is 8.09. The van der Waals surface area contributed by atoms with Gasteiger partial charge in [-0.2, -0.15) is 0 Å². The number of imidazole rings is 1. The van der Waals surface area contributed by atoms with Gasteiger partial charge in [0.1, 0.15) is 11.6 Å². The third-order valence-corrected chi connectivity index (χ3v) is 3.96. The number of H-pyrrole nitrogens is 1. The van der Waals surface area contributed by atoms with Crippen molar-refractivity contribution >= 4 is 16.9 Å². The van der Waals surface area contributed by atoms with Gasteiger partial charge in [0.15, 0.2) is 0 Å². The smallest absolute Gasteiger partial charge is 0.251 e. The number of hydrogen-bond donors (Lipinski definition) is 2. The van der Waals surface area contributed by atoms with E-state index in [9.17, 15) is 4.79 Å². The van der Waals surface area contributed by atoms with Crippen LogP contribution in [0.25, 0.3) is 11.0 Å². The lowest BCUT2D eigenvalue weighted by molar-refractivity contribution is 0.0954. The third-order valence-electron chi connectivity index (χ3n) is 3.96. The predicted octanol–water partition coefficient (Wildman–Crippen LogP) is 3.11. The minimum Gasteiger partial charge on any atom is -0.497 e. The molecule has 0 bridgehead atoms. The zero-order valence-electron chi connectivity index (χ0n) is 13.9. The number of nitrogens with one attached hydrogen (secondary N) is 2. The minimum absolute atomic E-state index is 0.0764. The van der Waals surface area contributed by atoms with Crippen LogP contribution in [0, 0.1) is 0 Å². The van der Waals surface area contributed by atoms with E-state index in [0.29, 0.717) is 12.1 Å². The maximum Gasteiger partial charge on any atom is 0.251 e. The summed E-state index contributed by atoms with van der Waals surface area (Å²) in [5.74, 6) is 1.68. The molecule has 0 spiro atoms. The number of carbonyl (C=O) groups is 1. The molecule has 1 amide bonds. The number of hydrogen-bond acceptors (Lipinski definition) is 3. The van der Waals surface area contributed by atoms with Crippen molar-refractivity contribution in [3.63, 3.8) is 0 Å². The normalized spacial score (nSPS) is 10.8. The quantitative estimate of drug-likeness (QED) is 0.732. The monoisotopic (exact) mass is 323 g/mol. The van der Waals surface area contributed by atoms with Gasteiger partial charge in [0.25, 0.3) is 5.91 Å². The molecule has 0 saturated carbocycles. The molecule has 2 aromatic carbocycles. The Kier molecular flexibility index (Phi) is 4.79. The molecule has 0 fully saturated rings. The summed E-state index contributed by atoms with van der Waals surface area (Å²) in [5.41, 5.74) is 3.55. The summed E-state index contributed by atoms with van der Waals surface area (Å²) in [7, 11) is 1.65. The van der Waals surface area contributed by atoms with E-state index in [4.69, 9.17) is 4.74 Å². The molecule has 0 saturated heterocycles. The van der Waals surface area contributed by atoms with Crippen molar-refractivity contribution in [2.45, 2.75) is 19.8 Å². The maximum absolute atomic E-state index is 12.3. The summed E-state index contributed by atoms with van der Waals surface area (Å²) in [6.45, 7) is 2.62. The molecule has 24 heavy (non-hydrogen) atoms. The van der Waals surface area contributed by atoms with E-state index in [1.165, 1.54) is 0 Å². The lowest BCUT2D eigenvalue weighted by Gasteiger charge is -2.07. The maximum atomic E-state index is 12.3. The van der Waals surface area contributed by atoms with Crippen LogP contribution in [0.5, 0.6) is 5.75 Å². The van der Waals surface area contributed by atoms with Gasteiger partial charge in [0.05, 0.1) is 18.1 Å². The Hall–Kier alpha value is -2.82. The number of carbonyl (C=O) groups excluding carboxylic acids is 1. The Morgan fingerprint density at radius 1 is 1.25 bits per heavy atom. The van der Waals surface area contributed by atoms with Gasteiger partial charge < -0.3 is 15.0 Å². The highest BCUT2D eigenvalue weighted by Crippen LogP contribution is 2.15. The van der Waals surface area contributed by atoms with Gasteiger partial charge in [-0.3, -0.25) is 4.79 Å². The van der Waals surface area contributed by atoms with Crippen LogP contribution < -0.4 is 10.1 Å². The van der Waals surface area contributed by atoms with Crippen molar-refractivity contribution in [3.05, 3.63) is 59.4 Å². The summed E-state index contributed by atoms with van der Waals surface area (Å²) in [5, 5.41) is 2.96. The first-order valence-corrected chi connectivity index (χ1v) is 8.09. The second-order valence-electron chi connectivity index (χ2n) is 5.63. The van der Waals surface area contributed by atoms with Crippen molar-refractivity contribution in [1.29, 1.82) is 0 Å². The standard InChI is InChI=1S/C19H21N3O2/c1-3-18-21-16-8-7-14(12-17(16)22-18)19(23)20-10-9-13-5-4-6-15(11-13)24-2/h4-8,11-12H,3,9-10H2,1-2H3,(H,20,23)(H,21,22). The summed E-state index contributed by atoms with van der Waals surface area (Å²) in [6.07, 6.45) is 1.60. The average molecular weight is 323 g/mol. The fourth-order valence-corrected chi connectivity index (χ4v) is 2.62. The van der Waals surface area contributed by atoms with Gasteiger partial charge in [-0.05, 0) is 42.3 Å². The van der Waals surface area contributed by atoms with E-state index in [0.717, 1.165) is 41.0 Å². The molecule has 5 nitrogen and oxygen atoms in total. The van der Waals surface area contributed by atoms with E-state index in [-0.39, 0.29) is 5.91 Å². The molecule has 1 heterocycles. The highest BCUT2D eigenvalue weighted by molar-refractivity contribution is 5.97. The number of fused-ring (bicyclic) bond motifs is 1. The summed E-state index contributed by atoms with van der Waals surface area (Å²) < 4.78 is 5.21. The number of nitrogens with zero attached hydrogens (tertiary/aromatic N) is 1. The van der Waals surface area contributed by atoms with Crippen LogP contribution in [-0.4, -0.2) is 29.5 Å². The van der Waals surface area contributed by atoms with E-state index < -0.39 is 0 Å². The molecule has 0 aliphatic heterocycles. The Bertz CT molecular complexity index is 855. The van der Waals surface area contributed by atoms with Gasteiger partial charge in [-0.1, -0.05) is 19.1 Å². The molecule has 0 radical (unpaired) electrons. The fourth-order valence-electron chi connectivity index (χ4n) is 2.62. The van der Waals surface area contributed by atoms with Crippen LogP contribution in [0.3, 0.4) is 0 Å². The largest absolute Gasteiger partial charge is 0.497 e. The van der Waals surface area contributed by atoms with Gasteiger partial charge in [-0.15, -0.1) is 0 Å². The van der Waals surface area contributed by atoms with Gasteiger partial charge in [0, 0.05) is 18.5 Å². The molecule has 2 N–H and O–H groups in total. The van der Waals surface area contributed by atoms with E-state index >= 15 is 0 Å². The highest BCUT2D eigenvalue weighted by atomic mass is 16.5. The molecule has 0 aliphatic carbocycles. The number of rotatable bonds is 6. The van der Waals surface area contributed by atoms with Crippen LogP contribution in [0.2, 0.25) is 0 Å². The molecule has 3 aromatic rings. The molecule has 0 atom stereocenters. The lowest BCUT2D eigenvalue weighted by atomic mass is 10.1. The molecule has 1 aromatic heterocycles. The minimum atomic E-state index is -0.0764. The zero-order valence-corrected chi connectivity index (χ0v) is 13.9. The van der Waals surface area contributed by atoms with Crippen LogP contribution >= 0.6 is 0 Å². The number of aromatic amines is 1. The Balaban J connectivity index is 1.62. The first kappa shape index (κ1) is 16.1. The Labute approximate surface area is 141 Å². The SMILES string of the molecule is CCc1nc2ccc(C(=O)NCCc3cccc(OC)c3)cc2[nH]1. The molecular formula is C19H21N3O2.